The van der Waals surface area contributed by atoms with Crippen LogP contribution in [0.1, 0.15) is 25.3 Å². The average molecular weight is 328 g/mol. The molecule has 1 heterocycles. The summed E-state index contributed by atoms with van der Waals surface area (Å²) in [7, 11) is 0. The molecule has 0 bridgehead atoms. The van der Waals surface area contributed by atoms with Crippen molar-refractivity contribution in [2.24, 2.45) is 5.92 Å². The molecular weight excluding hydrogens is 302 g/mol. The molecule has 124 valence electrons. The fourth-order valence-electron chi connectivity index (χ4n) is 2.90. The van der Waals surface area contributed by atoms with E-state index in [-0.39, 0.29) is 13.2 Å². The van der Waals surface area contributed by atoms with Crippen molar-refractivity contribution in [2.75, 3.05) is 26.3 Å². The van der Waals surface area contributed by atoms with E-state index in [2.05, 4.69) is 11.8 Å². The molecule has 2 rings (SSSR count). The Morgan fingerprint density at radius 3 is 2.91 bits per heavy atom. The SMILES string of the molecule is Cc1ccc(Cl)c(OCC(O)CN2CC(CO)CCC2C)c1. The van der Waals surface area contributed by atoms with Crippen molar-refractivity contribution >= 4 is 11.6 Å². The zero-order valence-corrected chi connectivity index (χ0v) is 14.1. The van der Waals surface area contributed by atoms with Crippen LogP contribution in [0.15, 0.2) is 18.2 Å². The first-order chi connectivity index (χ1) is 10.5. The van der Waals surface area contributed by atoms with Gasteiger partial charge in [0, 0.05) is 25.7 Å². The number of piperidine rings is 1. The Bertz CT molecular complexity index is 483. The van der Waals surface area contributed by atoms with E-state index in [0.717, 1.165) is 24.9 Å². The summed E-state index contributed by atoms with van der Waals surface area (Å²) in [6.45, 7) is 5.97. The van der Waals surface area contributed by atoms with E-state index in [1.165, 1.54) is 0 Å². The molecule has 0 saturated carbocycles. The number of hydrogen-bond acceptors (Lipinski definition) is 4. The van der Waals surface area contributed by atoms with Gasteiger partial charge in [-0.3, -0.25) is 4.90 Å². The summed E-state index contributed by atoms with van der Waals surface area (Å²) in [5, 5.41) is 20.1. The van der Waals surface area contributed by atoms with Gasteiger partial charge in [0.25, 0.3) is 0 Å². The molecule has 0 amide bonds. The monoisotopic (exact) mass is 327 g/mol. The Morgan fingerprint density at radius 1 is 1.41 bits per heavy atom. The van der Waals surface area contributed by atoms with Crippen LogP contribution in [0.5, 0.6) is 5.75 Å². The average Bonchev–Trinajstić information content (AvgIpc) is 2.50. The smallest absolute Gasteiger partial charge is 0.138 e. The molecule has 4 nitrogen and oxygen atoms in total. The van der Waals surface area contributed by atoms with Crippen molar-refractivity contribution in [3.63, 3.8) is 0 Å². The van der Waals surface area contributed by atoms with Crippen LogP contribution in [-0.2, 0) is 0 Å². The highest BCUT2D eigenvalue weighted by atomic mass is 35.5. The number of likely N-dealkylation sites (tertiary alicyclic amines) is 1. The van der Waals surface area contributed by atoms with Crippen molar-refractivity contribution in [3.05, 3.63) is 28.8 Å². The topological polar surface area (TPSA) is 52.9 Å². The fraction of sp³-hybridized carbons (Fsp3) is 0.647. The Hall–Kier alpha value is -0.810. The summed E-state index contributed by atoms with van der Waals surface area (Å²) in [5.41, 5.74) is 1.07. The highest BCUT2D eigenvalue weighted by Gasteiger charge is 2.26. The van der Waals surface area contributed by atoms with Gasteiger partial charge in [-0.15, -0.1) is 0 Å². The third kappa shape index (κ3) is 4.85. The number of benzene rings is 1. The lowest BCUT2D eigenvalue weighted by atomic mass is 9.94. The van der Waals surface area contributed by atoms with Crippen molar-refractivity contribution in [1.29, 1.82) is 0 Å². The lowest BCUT2D eigenvalue weighted by molar-refractivity contribution is 0.0210. The van der Waals surface area contributed by atoms with Gasteiger partial charge in [-0.1, -0.05) is 17.7 Å². The molecule has 1 aliphatic rings. The van der Waals surface area contributed by atoms with E-state index in [4.69, 9.17) is 16.3 Å². The van der Waals surface area contributed by atoms with Crippen LogP contribution in [0, 0.1) is 12.8 Å². The van der Waals surface area contributed by atoms with E-state index in [0.29, 0.717) is 29.3 Å². The van der Waals surface area contributed by atoms with Gasteiger partial charge >= 0.3 is 0 Å². The second kappa shape index (κ2) is 8.16. The van der Waals surface area contributed by atoms with E-state index in [1.807, 2.05) is 19.1 Å². The number of β-amino-alcohol motifs (C(OH)–C–C–N with tert-alkyl or cyclic N) is 1. The van der Waals surface area contributed by atoms with E-state index >= 15 is 0 Å². The summed E-state index contributed by atoms with van der Waals surface area (Å²) in [4.78, 5) is 2.23. The molecule has 1 fully saturated rings. The van der Waals surface area contributed by atoms with Gasteiger partial charge in [0.1, 0.15) is 18.5 Å². The minimum atomic E-state index is -0.573. The Kier molecular flexibility index (Phi) is 6.50. The number of hydrogen-bond donors (Lipinski definition) is 2. The highest BCUT2D eigenvalue weighted by Crippen LogP contribution is 2.26. The Balaban J connectivity index is 1.84. The number of aryl methyl sites for hydroxylation is 1. The van der Waals surface area contributed by atoms with Gasteiger partial charge < -0.3 is 14.9 Å². The van der Waals surface area contributed by atoms with Crippen LogP contribution in [0.2, 0.25) is 5.02 Å². The molecule has 0 spiro atoms. The Morgan fingerprint density at radius 2 is 2.18 bits per heavy atom. The zero-order valence-electron chi connectivity index (χ0n) is 13.3. The fourth-order valence-corrected chi connectivity index (χ4v) is 3.07. The molecule has 1 saturated heterocycles. The first-order valence-electron chi connectivity index (χ1n) is 7.91. The van der Waals surface area contributed by atoms with Crippen molar-refractivity contribution in [3.8, 4) is 5.75 Å². The summed E-state index contributed by atoms with van der Waals surface area (Å²) < 4.78 is 5.65. The van der Waals surface area contributed by atoms with E-state index < -0.39 is 6.10 Å². The number of ether oxygens (including phenoxy) is 1. The molecular formula is C17H26ClNO3. The maximum Gasteiger partial charge on any atom is 0.138 e. The standard InChI is InChI=1S/C17H26ClNO3/c1-12-3-6-16(18)17(7-12)22-11-15(21)9-19-8-14(10-20)5-4-13(19)2/h3,6-7,13-15,20-21H,4-5,8-11H2,1-2H3. The second-order valence-electron chi connectivity index (χ2n) is 6.33. The third-order valence-electron chi connectivity index (χ3n) is 4.33. The first kappa shape index (κ1) is 17.5. The number of aliphatic hydroxyl groups excluding tert-OH is 2. The van der Waals surface area contributed by atoms with Crippen molar-refractivity contribution < 1.29 is 14.9 Å². The minimum absolute atomic E-state index is 0.217. The van der Waals surface area contributed by atoms with Crippen LogP contribution in [0.4, 0.5) is 0 Å². The predicted molar refractivity (Wildman–Crippen MR) is 88.5 cm³/mol. The predicted octanol–water partition coefficient (Wildman–Crippen LogP) is 2.48. The van der Waals surface area contributed by atoms with Gasteiger partial charge in [-0.2, -0.15) is 0 Å². The van der Waals surface area contributed by atoms with Crippen LogP contribution in [0.3, 0.4) is 0 Å². The van der Waals surface area contributed by atoms with Gasteiger partial charge in [-0.05, 0) is 50.3 Å². The molecule has 1 aromatic rings. The summed E-state index contributed by atoms with van der Waals surface area (Å²) in [6, 6.07) is 6.04. The zero-order chi connectivity index (χ0) is 16.1. The van der Waals surface area contributed by atoms with Crippen LogP contribution >= 0.6 is 11.6 Å². The Labute approximate surface area is 137 Å². The molecule has 0 radical (unpaired) electrons. The quantitative estimate of drug-likeness (QED) is 0.843. The van der Waals surface area contributed by atoms with E-state index in [1.54, 1.807) is 6.07 Å². The molecule has 1 aliphatic heterocycles. The first-order valence-corrected chi connectivity index (χ1v) is 8.29. The van der Waals surface area contributed by atoms with Gasteiger partial charge in [-0.25, -0.2) is 0 Å². The normalized spacial score (nSPS) is 24.2. The molecule has 3 atom stereocenters. The lowest BCUT2D eigenvalue weighted by Crippen LogP contribution is -2.47. The number of aliphatic hydroxyl groups is 2. The number of rotatable bonds is 6. The van der Waals surface area contributed by atoms with Gasteiger partial charge in [0.05, 0.1) is 5.02 Å². The van der Waals surface area contributed by atoms with Crippen LogP contribution < -0.4 is 4.74 Å². The van der Waals surface area contributed by atoms with Crippen LogP contribution in [-0.4, -0.2) is 53.6 Å². The van der Waals surface area contributed by atoms with E-state index in [9.17, 15) is 10.2 Å². The molecule has 2 N–H and O–H groups in total. The molecule has 3 unspecified atom stereocenters. The van der Waals surface area contributed by atoms with Gasteiger partial charge in [0.15, 0.2) is 0 Å². The van der Waals surface area contributed by atoms with Gasteiger partial charge in [0.2, 0.25) is 0 Å². The number of nitrogens with zero attached hydrogens (tertiary/aromatic N) is 1. The maximum absolute atomic E-state index is 10.2. The van der Waals surface area contributed by atoms with Crippen LogP contribution in [0.25, 0.3) is 0 Å². The molecule has 5 heteroatoms. The third-order valence-corrected chi connectivity index (χ3v) is 4.64. The highest BCUT2D eigenvalue weighted by molar-refractivity contribution is 6.32. The number of halogens is 1. The summed E-state index contributed by atoms with van der Waals surface area (Å²) in [6.07, 6.45) is 1.54. The largest absolute Gasteiger partial charge is 0.489 e. The summed E-state index contributed by atoms with van der Waals surface area (Å²) >= 11 is 6.09. The molecule has 0 aliphatic carbocycles. The summed E-state index contributed by atoms with van der Waals surface area (Å²) in [5.74, 6) is 0.927. The maximum atomic E-state index is 10.2. The molecule has 0 aromatic heterocycles. The van der Waals surface area contributed by atoms with Crippen molar-refractivity contribution in [1.82, 2.24) is 4.90 Å². The molecule has 22 heavy (non-hydrogen) atoms. The molecule has 1 aromatic carbocycles. The second-order valence-corrected chi connectivity index (χ2v) is 6.73. The lowest BCUT2D eigenvalue weighted by Gasteiger charge is -2.38. The van der Waals surface area contributed by atoms with Crippen molar-refractivity contribution in [2.45, 2.75) is 38.8 Å². The minimum Gasteiger partial charge on any atom is -0.489 e.